The monoisotopic (exact) mass is 195 g/mol. The van der Waals surface area contributed by atoms with Gasteiger partial charge in [-0.15, -0.1) is 11.3 Å². The van der Waals surface area contributed by atoms with Gasteiger partial charge in [0, 0.05) is 9.75 Å². The maximum atomic E-state index is 11.3. The molecule has 0 N–H and O–H groups in total. The number of esters is 1. The lowest BCUT2D eigenvalue weighted by atomic mass is 10.1. The molecule has 0 aliphatic heterocycles. The van der Waals surface area contributed by atoms with Crippen molar-refractivity contribution in [1.82, 2.24) is 0 Å². The molecule has 0 bridgehead atoms. The molecule has 0 saturated heterocycles. The molecule has 0 unspecified atom stereocenters. The predicted molar refractivity (Wildman–Crippen MR) is 49.8 cm³/mol. The minimum absolute atomic E-state index is 0.410. The molecule has 0 atom stereocenters. The summed E-state index contributed by atoms with van der Waals surface area (Å²) in [4.78, 5) is 13.0. The summed E-state index contributed by atoms with van der Waals surface area (Å²) in [5.41, 5.74) is 0.849. The molecular weight excluding hydrogens is 186 g/mol. The summed E-state index contributed by atoms with van der Waals surface area (Å²) >= 11 is 1.44. The van der Waals surface area contributed by atoms with E-state index in [1.807, 2.05) is 19.9 Å². The fourth-order valence-electron chi connectivity index (χ4n) is 1.17. The zero-order valence-electron chi connectivity index (χ0n) is 7.67. The van der Waals surface area contributed by atoms with E-state index in [1.165, 1.54) is 18.4 Å². The third-order valence-electron chi connectivity index (χ3n) is 1.76. The van der Waals surface area contributed by atoms with Crippen molar-refractivity contribution in [1.29, 1.82) is 5.26 Å². The van der Waals surface area contributed by atoms with Gasteiger partial charge in [-0.1, -0.05) is 0 Å². The maximum absolute atomic E-state index is 11.3. The molecule has 68 valence electrons. The number of hydrogen-bond acceptors (Lipinski definition) is 4. The van der Waals surface area contributed by atoms with Gasteiger partial charge in [-0.2, -0.15) is 5.26 Å². The van der Waals surface area contributed by atoms with Crippen molar-refractivity contribution in [2.45, 2.75) is 13.8 Å². The number of thiophene rings is 1. The largest absolute Gasteiger partial charge is 0.465 e. The Morgan fingerprint density at radius 1 is 1.46 bits per heavy atom. The van der Waals surface area contributed by atoms with Crippen LogP contribution < -0.4 is 0 Å². The number of carbonyl (C=O) groups excluding carboxylic acids is 1. The molecule has 1 heterocycles. The van der Waals surface area contributed by atoms with Crippen molar-refractivity contribution in [3.05, 3.63) is 20.9 Å². The van der Waals surface area contributed by atoms with Crippen LogP contribution in [0.2, 0.25) is 0 Å². The van der Waals surface area contributed by atoms with Crippen molar-refractivity contribution in [3.8, 4) is 6.07 Å². The van der Waals surface area contributed by atoms with Crippen LogP contribution in [-0.4, -0.2) is 13.1 Å². The van der Waals surface area contributed by atoms with E-state index < -0.39 is 5.97 Å². The van der Waals surface area contributed by atoms with Gasteiger partial charge in [0.05, 0.1) is 18.2 Å². The fourth-order valence-corrected chi connectivity index (χ4v) is 2.16. The van der Waals surface area contributed by atoms with Crippen LogP contribution in [0.4, 0.5) is 0 Å². The van der Waals surface area contributed by atoms with Gasteiger partial charge in [-0.05, 0) is 13.8 Å². The van der Waals surface area contributed by atoms with Crippen LogP contribution in [0.5, 0.6) is 0 Å². The highest BCUT2D eigenvalue weighted by Crippen LogP contribution is 2.26. The topological polar surface area (TPSA) is 50.1 Å². The third kappa shape index (κ3) is 1.56. The Morgan fingerprint density at radius 2 is 2.08 bits per heavy atom. The Bertz CT molecular complexity index is 387. The van der Waals surface area contributed by atoms with Gasteiger partial charge >= 0.3 is 5.97 Å². The molecule has 1 aromatic rings. The number of ether oxygens (including phenoxy) is 1. The SMILES string of the molecule is COC(=O)c1c(C)sc(C)c1C#N. The molecule has 0 aliphatic rings. The molecule has 0 aromatic carbocycles. The van der Waals surface area contributed by atoms with E-state index in [1.54, 1.807) is 0 Å². The summed E-state index contributed by atoms with van der Waals surface area (Å²) in [5.74, 6) is -0.432. The minimum Gasteiger partial charge on any atom is -0.465 e. The second-order valence-corrected chi connectivity index (χ2v) is 4.00. The summed E-state index contributed by atoms with van der Waals surface area (Å²) in [6.45, 7) is 3.63. The van der Waals surface area contributed by atoms with E-state index in [4.69, 9.17) is 5.26 Å². The molecule has 0 amide bonds. The first-order valence-corrected chi connectivity index (χ1v) is 4.51. The van der Waals surface area contributed by atoms with Crippen LogP contribution in [0.1, 0.15) is 25.7 Å². The third-order valence-corrected chi connectivity index (χ3v) is 2.78. The number of nitrogens with zero attached hydrogens (tertiary/aromatic N) is 1. The van der Waals surface area contributed by atoms with E-state index in [2.05, 4.69) is 4.74 Å². The number of nitriles is 1. The lowest BCUT2D eigenvalue weighted by Gasteiger charge is -1.97. The Hall–Kier alpha value is -1.34. The summed E-state index contributed by atoms with van der Waals surface area (Å²) < 4.78 is 4.59. The van der Waals surface area contributed by atoms with Gasteiger partial charge in [0.25, 0.3) is 0 Å². The molecule has 1 rings (SSSR count). The number of methoxy groups -OCH3 is 1. The first-order chi connectivity index (χ1) is 6.11. The summed E-state index contributed by atoms with van der Waals surface area (Å²) in [6, 6.07) is 2.01. The molecule has 0 spiro atoms. The quantitative estimate of drug-likeness (QED) is 0.644. The zero-order chi connectivity index (χ0) is 10.0. The Labute approximate surface area is 80.6 Å². The Balaban J connectivity index is 3.35. The second-order valence-electron chi connectivity index (χ2n) is 2.57. The van der Waals surface area contributed by atoms with Crippen LogP contribution in [-0.2, 0) is 4.74 Å². The summed E-state index contributed by atoms with van der Waals surface area (Å²) in [5, 5.41) is 8.81. The molecule has 4 heteroatoms. The maximum Gasteiger partial charge on any atom is 0.340 e. The van der Waals surface area contributed by atoms with Gasteiger partial charge in [0.1, 0.15) is 6.07 Å². The van der Waals surface area contributed by atoms with Gasteiger partial charge in [0.15, 0.2) is 0 Å². The first-order valence-electron chi connectivity index (χ1n) is 3.70. The molecule has 0 fully saturated rings. The summed E-state index contributed by atoms with van der Waals surface area (Å²) in [7, 11) is 1.32. The molecule has 0 saturated carbocycles. The van der Waals surface area contributed by atoms with Gasteiger partial charge in [-0.3, -0.25) is 0 Å². The van der Waals surface area contributed by atoms with E-state index in [-0.39, 0.29) is 0 Å². The lowest BCUT2D eigenvalue weighted by Crippen LogP contribution is -2.03. The van der Waals surface area contributed by atoms with E-state index >= 15 is 0 Å². The number of carbonyl (C=O) groups is 1. The van der Waals surface area contributed by atoms with Crippen LogP contribution in [0.25, 0.3) is 0 Å². The van der Waals surface area contributed by atoms with Crippen LogP contribution in [0.3, 0.4) is 0 Å². The van der Waals surface area contributed by atoms with E-state index in [0.717, 1.165) is 9.75 Å². The lowest BCUT2D eigenvalue weighted by molar-refractivity contribution is 0.0600. The minimum atomic E-state index is -0.432. The number of aryl methyl sites for hydroxylation is 2. The van der Waals surface area contributed by atoms with Gasteiger partial charge in [-0.25, -0.2) is 4.79 Å². The van der Waals surface area contributed by atoms with E-state index in [0.29, 0.717) is 11.1 Å². The Morgan fingerprint density at radius 3 is 2.54 bits per heavy atom. The van der Waals surface area contributed by atoms with Crippen molar-refractivity contribution < 1.29 is 9.53 Å². The smallest absolute Gasteiger partial charge is 0.340 e. The van der Waals surface area contributed by atoms with Crippen molar-refractivity contribution >= 4 is 17.3 Å². The average molecular weight is 195 g/mol. The standard InChI is InChI=1S/C9H9NO2S/c1-5-7(4-10)8(6(2)13-5)9(11)12-3/h1-3H3. The van der Waals surface area contributed by atoms with Crippen LogP contribution in [0.15, 0.2) is 0 Å². The van der Waals surface area contributed by atoms with Crippen molar-refractivity contribution in [2.75, 3.05) is 7.11 Å². The molecule has 1 aromatic heterocycles. The highest BCUT2D eigenvalue weighted by Gasteiger charge is 2.19. The second kappa shape index (κ2) is 3.58. The predicted octanol–water partition coefficient (Wildman–Crippen LogP) is 2.02. The first kappa shape index (κ1) is 9.75. The zero-order valence-corrected chi connectivity index (χ0v) is 8.49. The molecule has 13 heavy (non-hydrogen) atoms. The molecule has 0 radical (unpaired) electrons. The number of rotatable bonds is 1. The molecule has 3 nitrogen and oxygen atoms in total. The molecular formula is C9H9NO2S. The highest BCUT2D eigenvalue weighted by atomic mass is 32.1. The molecule has 0 aliphatic carbocycles. The highest BCUT2D eigenvalue weighted by molar-refractivity contribution is 7.12. The van der Waals surface area contributed by atoms with Gasteiger partial charge in [0.2, 0.25) is 0 Å². The fraction of sp³-hybridized carbons (Fsp3) is 0.333. The van der Waals surface area contributed by atoms with Gasteiger partial charge < -0.3 is 4.74 Å². The Kier molecular flexibility index (Phi) is 2.69. The average Bonchev–Trinajstić information content (AvgIpc) is 2.39. The van der Waals surface area contributed by atoms with E-state index in [9.17, 15) is 4.79 Å². The van der Waals surface area contributed by atoms with Crippen molar-refractivity contribution in [2.24, 2.45) is 0 Å². The summed E-state index contributed by atoms with van der Waals surface area (Å²) in [6.07, 6.45) is 0. The van der Waals surface area contributed by atoms with Crippen LogP contribution in [0, 0.1) is 25.2 Å². The number of hydrogen-bond donors (Lipinski definition) is 0. The van der Waals surface area contributed by atoms with Crippen molar-refractivity contribution in [3.63, 3.8) is 0 Å². The normalized spacial score (nSPS) is 9.38. The van der Waals surface area contributed by atoms with Crippen LogP contribution >= 0.6 is 11.3 Å².